The minimum atomic E-state index is -4.20. The molecule has 0 radical (unpaired) electrons. The maximum atomic E-state index is 13.4. The number of guanidine groups is 1. The van der Waals surface area contributed by atoms with Crippen molar-refractivity contribution in [2.24, 2.45) is 5.73 Å². The lowest BCUT2D eigenvalue weighted by molar-refractivity contribution is -0.137. The van der Waals surface area contributed by atoms with E-state index in [1.165, 1.54) is 37.7 Å². The second-order valence-corrected chi connectivity index (χ2v) is 8.96. The van der Waals surface area contributed by atoms with Crippen LogP contribution in [0.15, 0.2) is 59.8 Å². The van der Waals surface area contributed by atoms with Gasteiger partial charge in [-0.2, -0.15) is 4.31 Å². The van der Waals surface area contributed by atoms with Gasteiger partial charge in [-0.05, 0) is 18.2 Å². The third-order valence-electron chi connectivity index (χ3n) is 4.62. The van der Waals surface area contributed by atoms with Crippen molar-refractivity contribution in [2.45, 2.75) is 11.4 Å². The minimum absolute atomic E-state index is 0.121. The SMILES string of the molecule is COc1ccccc1CN(CC(=O)O)S(=O)(=O)c1ccc2c(N(Cl)C(=N)N)cncc2c1. The first-order valence-corrected chi connectivity index (χ1v) is 10.9. The van der Waals surface area contributed by atoms with Gasteiger partial charge in [-0.15, -0.1) is 0 Å². The summed E-state index contributed by atoms with van der Waals surface area (Å²) in [5, 5.41) is 17.7. The van der Waals surface area contributed by atoms with Crippen molar-refractivity contribution in [3.8, 4) is 5.75 Å². The van der Waals surface area contributed by atoms with Gasteiger partial charge in [0.2, 0.25) is 16.0 Å². The standard InChI is InChI=1S/C20H20ClN5O5S/c1-31-18-5-3-2-4-13(18)11-25(12-19(27)28)32(29,30)15-6-7-16-14(8-15)9-24-10-17(16)26(21)20(22)23/h2-10H,11-12H2,1H3,(H3,22,23)(H,27,28). The molecule has 4 N–H and O–H groups in total. The van der Waals surface area contributed by atoms with Gasteiger partial charge in [-0.25, -0.2) is 12.8 Å². The first-order chi connectivity index (χ1) is 15.1. The Balaban J connectivity index is 2.06. The number of nitrogens with two attached hydrogens (primary N) is 1. The number of sulfonamides is 1. The molecule has 0 bridgehead atoms. The molecule has 0 aliphatic rings. The number of halogens is 1. The minimum Gasteiger partial charge on any atom is -0.496 e. The number of aromatic nitrogens is 1. The number of aliphatic carboxylic acids is 1. The highest BCUT2D eigenvalue weighted by atomic mass is 35.5. The molecule has 0 amide bonds. The highest BCUT2D eigenvalue weighted by Gasteiger charge is 2.28. The summed E-state index contributed by atoms with van der Waals surface area (Å²) in [5.41, 5.74) is 6.24. The van der Waals surface area contributed by atoms with Crippen LogP contribution in [-0.4, -0.2) is 48.4 Å². The van der Waals surface area contributed by atoms with Crippen molar-refractivity contribution in [3.05, 3.63) is 60.4 Å². The van der Waals surface area contributed by atoms with Gasteiger partial charge in [-0.1, -0.05) is 24.3 Å². The quantitative estimate of drug-likeness (QED) is 0.254. The largest absolute Gasteiger partial charge is 0.496 e. The number of benzene rings is 2. The molecule has 168 valence electrons. The number of nitrogens with one attached hydrogen (secondary N) is 1. The molecule has 1 aromatic heterocycles. The van der Waals surface area contributed by atoms with Crippen molar-refractivity contribution < 1.29 is 23.1 Å². The van der Waals surface area contributed by atoms with Gasteiger partial charge in [0, 0.05) is 40.9 Å². The maximum Gasteiger partial charge on any atom is 0.318 e. The predicted molar refractivity (Wildman–Crippen MR) is 120 cm³/mol. The first-order valence-electron chi connectivity index (χ1n) is 9.16. The Bertz CT molecular complexity index is 1280. The monoisotopic (exact) mass is 477 g/mol. The summed E-state index contributed by atoms with van der Waals surface area (Å²) in [7, 11) is -2.76. The van der Waals surface area contributed by atoms with Gasteiger partial charge in [-0.3, -0.25) is 15.2 Å². The molecule has 2 aromatic carbocycles. The van der Waals surface area contributed by atoms with Crippen LogP contribution in [0.25, 0.3) is 10.8 Å². The van der Waals surface area contributed by atoms with E-state index in [0.29, 0.717) is 27.8 Å². The number of anilines is 1. The maximum absolute atomic E-state index is 13.4. The van der Waals surface area contributed by atoms with Crippen LogP contribution in [0.5, 0.6) is 5.75 Å². The molecule has 0 atom stereocenters. The lowest BCUT2D eigenvalue weighted by Crippen LogP contribution is -2.35. The van der Waals surface area contributed by atoms with Crippen LogP contribution in [0, 0.1) is 5.41 Å². The number of rotatable bonds is 8. The fourth-order valence-corrected chi connectivity index (χ4v) is 4.67. The van der Waals surface area contributed by atoms with Crippen LogP contribution >= 0.6 is 11.8 Å². The van der Waals surface area contributed by atoms with Crippen LogP contribution in [0.1, 0.15) is 5.56 Å². The third kappa shape index (κ3) is 4.74. The fourth-order valence-electron chi connectivity index (χ4n) is 3.13. The number of carboxylic acids is 1. The molecule has 0 unspecified atom stereocenters. The number of methoxy groups -OCH3 is 1. The Morgan fingerprint density at radius 3 is 2.62 bits per heavy atom. The predicted octanol–water partition coefficient (Wildman–Crippen LogP) is 2.37. The highest BCUT2D eigenvalue weighted by molar-refractivity contribution is 7.89. The van der Waals surface area contributed by atoms with Gasteiger partial charge >= 0.3 is 5.97 Å². The fraction of sp³-hybridized carbons (Fsp3) is 0.150. The van der Waals surface area contributed by atoms with E-state index in [9.17, 15) is 18.3 Å². The zero-order valence-corrected chi connectivity index (χ0v) is 18.5. The second-order valence-electron chi connectivity index (χ2n) is 6.69. The van der Waals surface area contributed by atoms with E-state index in [1.54, 1.807) is 24.3 Å². The van der Waals surface area contributed by atoms with Crippen molar-refractivity contribution in [2.75, 3.05) is 18.1 Å². The van der Waals surface area contributed by atoms with Gasteiger partial charge in [0.05, 0.1) is 23.9 Å². The van der Waals surface area contributed by atoms with Crippen LogP contribution < -0.4 is 14.9 Å². The van der Waals surface area contributed by atoms with Gasteiger partial charge < -0.3 is 15.6 Å². The second kappa shape index (κ2) is 9.39. The topological polar surface area (TPSA) is 150 Å². The Kier molecular flexibility index (Phi) is 6.82. The van der Waals surface area contributed by atoms with Crippen molar-refractivity contribution >= 4 is 50.2 Å². The molecule has 0 spiro atoms. The Labute approximate surface area is 189 Å². The molecule has 3 aromatic rings. The molecule has 32 heavy (non-hydrogen) atoms. The zero-order valence-electron chi connectivity index (χ0n) is 16.9. The number of para-hydroxylation sites is 1. The van der Waals surface area contributed by atoms with Crippen LogP contribution in [0.2, 0.25) is 0 Å². The summed E-state index contributed by atoms with van der Waals surface area (Å²) in [6.45, 7) is -0.939. The van der Waals surface area contributed by atoms with Gasteiger partial charge in [0.25, 0.3) is 0 Å². The average Bonchev–Trinajstić information content (AvgIpc) is 2.77. The van der Waals surface area contributed by atoms with Crippen LogP contribution in [0.4, 0.5) is 5.69 Å². The number of ether oxygens (including phenoxy) is 1. The Morgan fingerprint density at radius 1 is 1.25 bits per heavy atom. The lowest BCUT2D eigenvalue weighted by atomic mass is 10.1. The molecule has 0 aliphatic heterocycles. The molecule has 0 aliphatic carbocycles. The average molecular weight is 478 g/mol. The molecule has 0 saturated carbocycles. The number of carbonyl (C=O) groups is 1. The van der Waals surface area contributed by atoms with Crippen molar-refractivity contribution in [3.63, 3.8) is 0 Å². The van der Waals surface area contributed by atoms with E-state index in [0.717, 1.165) is 8.72 Å². The molecule has 12 heteroatoms. The Hall–Kier alpha value is -3.41. The number of hydrogen-bond acceptors (Lipinski definition) is 6. The van der Waals surface area contributed by atoms with Gasteiger partial charge in [0.15, 0.2) is 0 Å². The number of carboxylic acid groups (broad SMARTS) is 1. The molecule has 0 saturated heterocycles. The normalized spacial score (nSPS) is 11.5. The van der Waals surface area contributed by atoms with Gasteiger partial charge in [0.1, 0.15) is 12.3 Å². The number of hydrogen-bond donors (Lipinski definition) is 3. The molecular weight excluding hydrogens is 458 g/mol. The van der Waals surface area contributed by atoms with Crippen molar-refractivity contribution in [1.82, 2.24) is 9.29 Å². The van der Waals surface area contributed by atoms with E-state index in [1.807, 2.05) is 0 Å². The number of nitrogens with zero attached hydrogens (tertiary/aromatic N) is 3. The van der Waals surface area contributed by atoms with Crippen LogP contribution in [-0.2, 0) is 21.4 Å². The smallest absolute Gasteiger partial charge is 0.318 e. The van der Waals surface area contributed by atoms with E-state index < -0.39 is 28.5 Å². The summed E-state index contributed by atoms with van der Waals surface area (Å²) in [6, 6.07) is 11.0. The number of fused-ring (bicyclic) bond motifs is 1. The third-order valence-corrected chi connectivity index (χ3v) is 6.77. The molecule has 3 rings (SSSR count). The molecular formula is C20H20ClN5O5S. The summed E-state index contributed by atoms with van der Waals surface area (Å²) in [6.07, 6.45) is 2.83. The van der Waals surface area contributed by atoms with Crippen molar-refractivity contribution in [1.29, 1.82) is 5.41 Å². The van der Waals surface area contributed by atoms with E-state index >= 15 is 0 Å². The molecule has 1 heterocycles. The summed E-state index contributed by atoms with van der Waals surface area (Å²) in [5.74, 6) is -1.29. The highest BCUT2D eigenvalue weighted by Crippen LogP contribution is 2.30. The molecule has 0 fully saturated rings. The first kappa shape index (κ1) is 23.3. The van der Waals surface area contributed by atoms with E-state index in [-0.39, 0.29) is 11.4 Å². The van der Waals surface area contributed by atoms with E-state index in [4.69, 9.17) is 27.7 Å². The Morgan fingerprint density at radius 2 is 1.97 bits per heavy atom. The number of pyridine rings is 1. The zero-order chi connectivity index (χ0) is 23.5. The summed E-state index contributed by atoms with van der Waals surface area (Å²) >= 11 is 6.02. The summed E-state index contributed by atoms with van der Waals surface area (Å²) in [4.78, 5) is 15.3. The summed E-state index contributed by atoms with van der Waals surface area (Å²) < 4.78 is 33.7. The van der Waals surface area contributed by atoms with Crippen LogP contribution in [0.3, 0.4) is 0 Å². The molecule has 10 nitrogen and oxygen atoms in total. The lowest BCUT2D eigenvalue weighted by Gasteiger charge is -2.22. The van der Waals surface area contributed by atoms with E-state index in [2.05, 4.69) is 4.98 Å².